The molecular formula is C11H7BrClN3O2S. The third kappa shape index (κ3) is 2.52. The number of para-hydroxylation sites is 1. The molecule has 0 fully saturated rings. The Labute approximate surface area is 123 Å². The average Bonchev–Trinajstić information content (AvgIpc) is 2.66. The van der Waals surface area contributed by atoms with Crippen molar-refractivity contribution in [2.75, 3.05) is 0 Å². The Morgan fingerprint density at radius 2 is 2.05 bits per heavy atom. The first-order valence-corrected chi connectivity index (χ1v) is 8.15. The summed E-state index contributed by atoms with van der Waals surface area (Å²) in [4.78, 5) is 0. The van der Waals surface area contributed by atoms with Crippen molar-refractivity contribution < 1.29 is 8.42 Å². The van der Waals surface area contributed by atoms with Crippen LogP contribution in [0, 0.1) is 18.3 Å². The van der Waals surface area contributed by atoms with Crippen LogP contribution in [0.15, 0.2) is 33.8 Å². The van der Waals surface area contributed by atoms with Gasteiger partial charge in [0.15, 0.2) is 5.03 Å². The van der Waals surface area contributed by atoms with Gasteiger partial charge in [-0.1, -0.05) is 12.1 Å². The van der Waals surface area contributed by atoms with E-state index < -0.39 is 9.05 Å². The molecule has 0 unspecified atom stereocenters. The van der Waals surface area contributed by atoms with Crippen molar-refractivity contribution in [3.8, 4) is 11.8 Å². The predicted molar refractivity (Wildman–Crippen MR) is 73.8 cm³/mol. The largest absolute Gasteiger partial charge is 0.280 e. The first kappa shape index (κ1) is 14.1. The Balaban J connectivity index is 2.88. The molecule has 1 aromatic carbocycles. The summed E-state index contributed by atoms with van der Waals surface area (Å²) in [5, 5.41) is 12.8. The van der Waals surface area contributed by atoms with Crippen molar-refractivity contribution in [2.24, 2.45) is 0 Å². The minimum Gasteiger partial charge on any atom is -0.218 e. The van der Waals surface area contributed by atoms with Crippen molar-refractivity contribution >= 4 is 35.7 Å². The van der Waals surface area contributed by atoms with Crippen molar-refractivity contribution in [2.45, 2.75) is 11.9 Å². The molecule has 2 aromatic rings. The lowest BCUT2D eigenvalue weighted by Gasteiger charge is -2.07. The average molecular weight is 361 g/mol. The molecule has 0 saturated carbocycles. The van der Waals surface area contributed by atoms with Gasteiger partial charge in [-0.3, -0.25) is 0 Å². The number of hydrogen-bond acceptors (Lipinski definition) is 4. The summed E-state index contributed by atoms with van der Waals surface area (Å²) >= 11 is 3.31. The van der Waals surface area contributed by atoms with Crippen LogP contribution in [-0.4, -0.2) is 18.2 Å². The third-order valence-electron chi connectivity index (χ3n) is 2.44. The number of aryl methyl sites for hydroxylation is 1. The van der Waals surface area contributed by atoms with Gasteiger partial charge in [0.2, 0.25) is 0 Å². The molecule has 0 spiro atoms. The Morgan fingerprint density at radius 3 is 2.58 bits per heavy atom. The zero-order valence-electron chi connectivity index (χ0n) is 9.63. The van der Waals surface area contributed by atoms with E-state index in [9.17, 15) is 8.42 Å². The maximum Gasteiger partial charge on any atom is 0.280 e. The topological polar surface area (TPSA) is 75.8 Å². The maximum atomic E-state index is 11.7. The first-order valence-electron chi connectivity index (χ1n) is 5.05. The van der Waals surface area contributed by atoms with E-state index in [1.54, 1.807) is 31.2 Å². The Bertz CT molecular complexity index is 793. The van der Waals surface area contributed by atoms with Gasteiger partial charge in [0.05, 0.1) is 11.4 Å². The van der Waals surface area contributed by atoms with Gasteiger partial charge in [-0.25, -0.2) is 13.1 Å². The van der Waals surface area contributed by atoms with Crippen LogP contribution in [-0.2, 0) is 9.05 Å². The van der Waals surface area contributed by atoms with Gasteiger partial charge in [0.25, 0.3) is 9.05 Å². The van der Waals surface area contributed by atoms with Crippen LogP contribution in [0.3, 0.4) is 0 Å². The highest BCUT2D eigenvalue weighted by molar-refractivity contribution is 9.10. The third-order valence-corrected chi connectivity index (χ3v) is 4.39. The lowest BCUT2D eigenvalue weighted by Crippen LogP contribution is -2.06. The Kier molecular flexibility index (Phi) is 3.67. The smallest absolute Gasteiger partial charge is 0.218 e. The quantitative estimate of drug-likeness (QED) is 0.772. The molecule has 2 rings (SSSR count). The van der Waals surface area contributed by atoms with Gasteiger partial charge in [0.1, 0.15) is 11.6 Å². The van der Waals surface area contributed by atoms with E-state index in [0.29, 0.717) is 15.9 Å². The van der Waals surface area contributed by atoms with E-state index in [0.717, 1.165) is 4.68 Å². The minimum atomic E-state index is -4.09. The summed E-state index contributed by atoms with van der Waals surface area (Å²) in [5.41, 5.74) is 0.745. The molecule has 0 saturated heterocycles. The van der Waals surface area contributed by atoms with Crippen molar-refractivity contribution in [1.82, 2.24) is 9.78 Å². The molecule has 0 aliphatic carbocycles. The number of hydrogen-bond donors (Lipinski definition) is 0. The number of nitrogens with zero attached hydrogens (tertiary/aromatic N) is 3. The van der Waals surface area contributed by atoms with Gasteiger partial charge in [-0.15, -0.1) is 0 Å². The summed E-state index contributed by atoms with van der Waals surface area (Å²) in [5.74, 6) is 0. The van der Waals surface area contributed by atoms with Gasteiger partial charge >= 0.3 is 0 Å². The van der Waals surface area contributed by atoms with Crippen LogP contribution in [0.1, 0.15) is 11.3 Å². The second kappa shape index (κ2) is 4.96. The minimum absolute atomic E-state index is 0.0502. The summed E-state index contributed by atoms with van der Waals surface area (Å²) in [7, 11) is 1.32. The molecule has 0 aliphatic heterocycles. The fourth-order valence-corrected chi connectivity index (χ4v) is 3.31. The molecule has 98 valence electrons. The molecule has 0 N–H and O–H groups in total. The molecule has 19 heavy (non-hydrogen) atoms. The molecule has 5 nitrogen and oxygen atoms in total. The van der Waals surface area contributed by atoms with Gasteiger partial charge < -0.3 is 0 Å². The second-order valence-electron chi connectivity index (χ2n) is 3.68. The Morgan fingerprint density at radius 1 is 1.42 bits per heavy atom. The van der Waals surface area contributed by atoms with Crippen LogP contribution in [0.25, 0.3) is 5.69 Å². The van der Waals surface area contributed by atoms with Crippen LogP contribution in [0.4, 0.5) is 0 Å². The number of benzene rings is 1. The van der Waals surface area contributed by atoms with Crippen LogP contribution < -0.4 is 0 Å². The van der Waals surface area contributed by atoms with Crippen LogP contribution >= 0.6 is 26.6 Å². The van der Waals surface area contributed by atoms with Crippen molar-refractivity contribution in [1.29, 1.82) is 5.26 Å². The van der Waals surface area contributed by atoms with E-state index in [1.165, 1.54) is 0 Å². The number of nitriles is 1. The number of aromatic nitrogens is 2. The lowest BCUT2D eigenvalue weighted by atomic mass is 10.3. The molecule has 0 bridgehead atoms. The number of rotatable bonds is 2. The standard InChI is InChI=1S/C11H7BrClN3O2S/c1-7-8(6-14)11(19(13,17)18)16(15-7)10-5-3-2-4-9(10)12/h2-5H,1H3. The zero-order chi connectivity index (χ0) is 14.2. The van der Waals surface area contributed by atoms with Crippen molar-refractivity contribution in [3.63, 3.8) is 0 Å². The fraction of sp³-hybridized carbons (Fsp3) is 0.0909. The SMILES string of the molecule is Cc1nn(-c2ccccc2Br)c(S(=O)(=O)Cl)c1C#N. The van der Waals surface area contributed by atoms with Crippen LogP contribution in [0.5, 0.6) is 0 Å². The molecule has 0 aliphatic rings. The second-order valence-corrected chi connectivity index (χ2v) is 7.01. The van der Waals surface area contributed by atoms with Gasteiger partial charge in [-0.05, 0) is 35.0 Å². The van der Waals surface area contributed by atoms with E-state index in [1.807, 2.05) is 6.07 Å². The molecule has 0 amide bonds. The maximum absolute atomic E-state index is 11.7. The van der Waals surface area contributed by atoms with Gasteiger partial charge in [0, 0.05) is 15.2 Å². The van der Waals surface area contributed by atoms with Crippen molar-refractivity contribution in [3.05, 3.63) is 40.0 Å². The molecule has 0 atom stereocenters. The predicted octanol–water partition coefficient (Wildman–Crippen LogP) is 2.74. The molecular weight excluding hydrogens is 354 g/mol. The van der Waals surface area contributed by atoms with E-state index in [4.69, 9.17) is 15.9 Å². The van der Waals surface area contributed by atoms with Crippen LogP contribution in [0.2, 0.25) is 0 Å². The highest BCUT2D eigenvalue weighted by Gasteiger charge is 2.27. The van der Waals surface area contributed by atoms with E-state index in [2.05, 4.69) is 21.0 Å². The first-order chi connectivity index (χ1) is 8.86. The zero-order valence-corrected chi connectivity index (χ0v) is 12.8. The summed E-state index contributed by atoms with van der Waals surface area (Å²) in [6, 6.07) is 8.74. The molecule has 0 radical (unpaired) electrons. The summed E-state index contributed by atoms with van der Waals surface area (Å²) in [6.45, 7) is 1.55. The summed E-state index contributed by atoms with van der Waals surface area (Å²) < 4.78 is 25.1. The van der Waals surface area contributed by atoms with E-state index >= 15 is 0 Å². The number of halogens is 2. The highest BCUT2D eigenvalue weighted by atomic mass is 79.9. The monoisotopic (exact) mass is 359 g/mol. The summed E-state index contributed by atoms with van der Waals surface area (Å²) in [6.07, 6.45) is 0. The van der Waals surface area contributed by atoms with E-state index in [-0.39, 0.29) is 10.6 Å². The lowest BCUT2D eigenvalue weighted by molar-refractivity contribution is 0.599. The fourth-order valence-electron chi connectivity index (χ4n) is 1.65. The highest BCUT2D eigenvalue weighted by Crippen LogP contribution is 2.28. The molecule has 8 heteroatoms. The van der Waals surface area contributed by atoms with Gasteiger partial charge in [-0.2, -0.15) is 10.4 Å². The molecule has 1 aromatic heterocycles. The Hall–Kier alpha value is -1.36. The molecule has 1 heterocycles. The normalized spacial score (nSPS) is 11.3.